The highest BCUT2D eigenvalue weighted by Crippen LogP contribution is 2.37. The number of anilines is 1. The van der Waals surface area contributed by atoms with Crippen LogP contribution in [0.1, 0.15) is 88.1 Å². The third-order valence-corrected chi connectivity index (χ3v) is 6.51. The Bertz CT molecular complexity index is 1250. The molecule has 0 radical (unpaired) electrons. The standard InChI is InChI=1S/C29H33F6N3O.C3H6/c1-7-9-18(6)25(37-26-22(16(2)3)10-8-11-23(26)17(4)5)24-15-39-38-27(36-24)19-12-20(28(30,31)32)14-21(13-19)29(33,34)35;1-3-2/h7-14,16-18,25,37H,15H2,1-6H3;3H,1H2,2H3/b9-7-;. The van der Waals surface area contributed by atoms with E-state index in [4.69, 9.17) is 4.84 Å². The summed E-state index contributed by atoms with van der Waals surface area (Å²) in [5.74, 6) is -0.120. The van der Waals surface area contributed by atoms with Crippen molar-refractivity contribution in [1.29, 1.82) is 0 Å². The van der Waals surface area contributed by atoms with Crippen LogP contribution in [0.15, 0.2) is 71.4 Å². The summed E-state index contributed by atoms with van der Waals surface area (Å²) < 4.78 is 80.7. The molecule has 0 amide bonds. The van der Waals surface area contributed by atoms with Crippen molar-refractivity contribution in [2.45, 2.75) is 78.7 Å². The predicted molar refractivity (Wildman–Crippen MR) is 158 cm³/mol. The van der Waals surface area contributed by atoms with Gasteiger partial charge in [-0.3, -0.25) is 0 Å². The van der Waals surface area contributed by atoms with Crippen LogP contribution in [-0.4, -0.2) is 24.2 Å². The second-order valence-electron chi connectivity index (χ2n) is 10.6. The van der Waals surface area contributed by atoms with Gasteiger partial charge in [-0.15, -0.1) is 6.58 Å². The van der Waals surface area contributed by atoms with Gasteiger partial charge in [0.15, 0.2) is 12.4 Å². The molecule has 0 saturated heterocycles. The second kappa shape index (κ2) is 14.6. The smallest absolute Gasteiger partial charge is 0.388 e. The van der Waals surface area contributed by atoms with E-state index in [9.17, 15) is 26.3 Å². The number of aliphatic imine (C=N–C) groups is 1. The van der Waals surface area contributed by atoms with Gasteiger partial charge in [-0.05, 0) is 60.9 Å². The Hall–Kier alpha value is -3.56. The molecule has 10 heteroatoms. The first-order chi connectivity index (χ1) is 19.5. The average Bonchev–Trinajstić information content (AvgIpc) is 2.90. The molecule has 1 aliphatic heterocycles. The number of alkyl halides is 6. The van der Waals surface area contributed by atoms with Gasteiger partial charge in [0.1, 0.15) is 0 Å². The highest BCUT2D eigenvalue weighted by atomic mass is 19.4. The summed E-state index contributed by atoms with van der Waals surface area (Å²) in [5.41, 5.74) is 0.176. The molecule has 1 heterocycles. The molecule has 2 unspecified atom stereocenters. The number of rotatable bonds is 8. The summed E-state index contributed by atoms with van der Waals surface area (Å²) in [6.45, 7) is 17.3. The molecule has 4 nitrogen and oxygen atoms in total. The quantitative estimate of drug-likeness (QED) is 0.244. The lowest BCUT2D eigenvalue weighted by Gasteiger charge is -2.30. The SMILES string of the molecule is C/C=C\C(C)C(Nc1c(C(C)C)cccc1C(C)C)C1=NC(c2cc(C(F)(F)F)cc(C(F)(F)F)c2)=NOC1.C=CC. The van der Waals surface area contributed by atoms with E-state index in [1.54, 1.807) is 6.08 Å². The molecule has 0 bridgehead atoms. The van der Waals surface area contributed by atoms with E-state index < -0.39 is 35.1 Å². The van der Waals surface area contributed by atoms with Crippen LogP contribution in [0.4, 0.5) is 32.0 Å². The Labute approximate surface area is 244 Å². The third kappa shape index (κ3) is 8.97. The van der Waals surface area contributed by atoms with Gasteiger partial charge in [-0.2, -0.15) is 26.3 Å². The number of halogens is 6. The first kappa shape index (κ1) is 34.6. The lowest BCUT2D eigenvalue weighted by atomic mass is 9.90. The number of amidine groups is 1. The summed E-state index contributed by atoms with van der Waals surface area (Å²) in [6, 6.07) is 6.87. The first-order valence-corrected chi connectivity index (χ1v) is 13.7. The van der Waals surface area contributed by atoms with Crippen molar-refractivity contribution in [2.24, 2.45) is 16.1 Å². The maximum absolute atomic E-state index is 13.5. The minimum atomic E-state index is -4.99. The van der Waals surface area contributed by atoms with Crippen molar-refractivity contribution in [1.82, 2.24) is 0 Å². The second-order valence-corrected chi connectivity index (χ2v) is 10.6. The van der Waals surface area contributed by atoms with E-state index in [-0.39, 0.29) is 36.3 Å². The zero-order valence-corrected chi connectivity index (χ0v) is 25.0. The van der Waals surface area contributed by atoms with Crippen molar-refractivity contribution < 1.29 is 31.2 Å². The molecule has 0 saturated carbocycles. The number of hydrogen-bond acceptors (Lipinski definition) is 4. The lowest BCUT2D eigenvalue weighted by Crippen LogP contribution is -2.40. The molecule has 1 N–H and O–H groups in total. The fourth-order valence-corrected chi connectivity index (χ4v) is 4.51. The number of oxime groups is 1. The zero-order chi connectivity index (χ0) is 31.8. The highest BCUT2D eigenvalue weighted by Gasteiger charge is 2.38. The Morgan fingerprint density at radius 2 is 1.38 bits per heavy atom. The maximum Gasteiger partial charge on any atom is 0.416 e. The van der Waals surface area contributed by atoms with E-state index in [2.05, 4.69) is 49.7 Å². The molecule has 0 fully saturated rings. The highest BCUT2D eigenvalue weighted by molar-refractivity contribution is 6.10. The van der Waals surface area contributed by atoms with Gasteiger partial charge in [0.2, 0.25) is 0 Å². The van der Waals surface area contributed by atoms with Gasteiger partial charge in [-0.1, -0.05) is 76.2 Å². The average molecular weight is 596 g/mol. The van der Waals surface area contributed by atoms with Crippen molar-refractivity contribution in [2.75, 3.05) is 11.9 Å². The number of allylic oxidation sites excluding steroid dienone is 2. The Kier molecular flexibility index (Phi) is 12.0. The van der Waals surface area contributed by atoms with Crippen LogP contribution < -0.4 is 5.32 Å². The van der Waals surface area contributed by atoms with E-state index >= 15 is 0 Å². The number of nitrogens with one attached hydrogen (secondary N) is 1. The van der Waals surface area contributed by atoms with Crippen LogP contribution in [0.2, 0.25) is 0 Å². The van der Waals surface area contributed by atoms with Crippen LogP contribution in [0.3, 0.4) is 0 Å². The Balaban J connectivity index is 0.00000197. The number of benzene rings is 2. The van der Waals surface area contributed by atoms with Crippen molar-refractivity contribution in [3.05, 3.63) is 89.0 Å². The van der Waals surface area contributed by atoms with E-state index in [0.29, 0.717) is 17.8 Å². The fourth-order valence-electron chi connectivity index (χ4n) is 4.51. The Morgan fingerprint density at radius 1 is 0.881 bits per heavy atom. The molecular weight excluding hydrogens is 556 g/mol. The van der Waals surface area contributed by atoms with Crippen molar-refractivity contribution in [3.63, 3.8) is 0 Å². The third-order valence-electron chi connectivity index (χ3n) is 6.51. The molecule has 2 aromatic rings. The maximum atomic E-state index is 13.5. The number of nitrogens with zero attached hydrogens (tertiary/aromatic N) is 2. The number of para-hydroxylation sites is 1. The van der Waals surface area contributed by atoms with Gasteiger partial charge in [0.05, 0.1) is 22.9 Å². The summed E-state index contributed by atoms with van der Waals surface area (Å²) in [6.07, 6.45) is -4.41. The molecule has 0 aromatic heterocycles. The van der Waals surface area contributed by atoms with Gasteiger partial charge in [0, 0.05) is 11.3 Å². The molecular formula is C32H39F6N3O. The molecule has 2 atom stereocenters. The van der Waals surface area contributed by atoms with Crippen LogP contribution in [0, 0.1) is 5.92 Å². The minimum Gasteiger partial charge on any atom is -0.388 e. The zero-order valence-electron chi connectivity index (χ0n) is 25.0. The molecule has 230 valence electrons. The van der Waals surface area contributed by atoms with Crippen LogP contribution >= 0.6 is 0 Å². The molecule has 0 aliphatic carbocycles. The predicted octanol–water partition coefficient (Wildman–Crippen LogP) is 9.99. The summed E-state index contributed by atoms with van der Waals surface area (Å²) in [7, 11) is 0. The van der Waals surface area contributed by atoms with Crippen molar-refractivity contribution >= 4 is 17.2 Å². The van der Waals surface area contributed by atoms with E-state index in [0.717, 1.165) is 16.8 Å². The molecule has 3 rings (SSSR count). The monoisotopic (exact) mass is 595 g/mol. The van der Waals surface area contributed by atoms with Crippen LogP contribution in [-0.2, 0) is 17.2 Å². The van der Waals surface area contributed by atoms with Gasteiger partial charge in [0.25, 0.3) is 0 Å². The summed E-state index contributed by atoms with van der Waals surface area (Å²) in [5, 5.41) is 7.33. The number of hydrogen-bond donors (Lipinski definition) is 1. The normalized spacial score (nSPS) is 15.4. The molecule has 42 heavy (non-hydrogen) atoms. The van der Waals surface area contributed by atoms with Gasteiger partial charge >= 0.3 is 12.4 Å². The van der Waals surface area contributed by atoms with Crippen LogP contribution in [0.25, 0.3) is 0 Å². The van der Waals surface area contributed by atoms with E-state index in [1.807, 2.05) is 51.1 Å². The molecule has 0 spiro atoms. The fraction of sp³-hybridized carbons (Fsp3) is 0.438. The molecule has 2 aromatic carbocycles. The van der Waals surface area contributed by atoms with Crippen molar-refractivity contribution in [3.8, 4) is 0 Å². The van der Waals surface area contributed by atoms with Gasteiger partial charge < -0.3 is 10.2 Å². The summed E-state index contributed by atoms with van der Waals surface area (Å²) in [4.78, 5) is 9.79. The lowest BCUT2D eigenvalue weighted by molar-refractivity contribution is -0.143. The largest absolute Gasteiger partial charge is 0.416 e. The topological polar surface area (TPSA) is 46.0 Å². The summed E-state index contributed by atoms with van der Waals surface area (Å²) >= 11 is 0. The van der Waals surface area contributed by atoms with E-state index in [1.165, 1.54) is 0 Å². The minimum absolute atomic E-state index is 0.0744. The van der Waals surface area contributed by atoms with Gasteiger partial charge in [-0.25, -0.2) is 4.99 Å². The Morgan fingerprint density at radius 3 is 1.81 bits per heavy atom. The van der Waals surface area contributed by atoms with Crippen LogP contribution in [0.5, 0.6) is 0 Å². The molecule has 1 aliphatic rings. The first-order valence-electron chi connectivity index (χ1n) is 13.7.